The number of aromatic amines is 1. The molecule has 1 aromatic heterocycles. The number of rotatable bonds is 8. The van der Waals surface area contributed by atoms with Crippen molar-refractivity contribution in [1.82, 2.24) is 9.71 Å². The summed E-state index contributed by atoms with van der Waals surface area (Å²) in [6, 6.07) is 5.07. The van der Waals surface area contributed by atoms with Crippen molar-refractivity contribution in [1.29, 1.82) is 0 Å². The first-order valence-corrected chi connectivity index (χ1v) is 11.9. The number of H-pyrrole nitrogens is 1. The van der Waals surface area contributed by atoms with Gasteiger partial charge in [0.15, 0.2) is 0 Å². The molecule has 0 saturated heterocycles. The lowest BCUT2D eigenvalue weighted by molar-refractivity contribution is -0.137. The standard InChI is InChI=1S/C23H27N3O5S/c1-13(2)26-32(30)31-14-7-9-20-17(11-14)18(23(29)25-20)12-21-16(8-10-22(27)28)15-5-3-4-6-19(15)24-21/h7,9,11-13,24,26H,3-6,8,10H2,1-2H3,(H,25,29)(H,27,28). The molecule has 2 aromatic rings. The van der Waals surface area contributed by atoms with Crippen LogP contribution in [0, 0.1) is 0 Å². The van der Waals surface area contributed by atoms with Crippen LogP contribution in [0.3, 0.4) is 0 Å². The Hall–Kier alpha value is -2.91. The molecule has 9 heteroatoms. The predicted octanol–water partition coefficient (Wildman–Crippen LogP) is 3.36. The van der Waals surface area contributed by atoms with Crippen LogP contribution in [0.5, 0.6) is 5.75 Å². The Morgan fingerprint density at radius 3 is 2.84 bits per heavy atom. The Labute approximate surface area is 189 Å². The SMILES string of the molecule is CC(C)NS(=O)Oc1ccc2c(c1)C(=Cc1[nH]c3c(c1CCC(=O)O)CCCC3)C(=O)N2. The van der Waals surface area contributed by atoms with Gasteiger partial charge in [-0.15, -0.1) is 0 Å². The van der Waals surface area contributed by atoms with E-state index < -0.39 is 17.2 Å². The maximum atomic E-state index is 12.7. The van der Waals surface area contributed by atoms with Crippen LogP contribution >= 0.6 is 0 Å². The van der Waals surface area contributed by atoms with Crippen LogP contribution in [-0.4, -0.2) is 32.2 Å². The van der Waals surface area contributed by atoms with Crippen molar-refractivity contribution in [3.8, 4) is 5.75 Å². The predicted molar refractivity (Wildman–Crippen MR) is 123 cm³/mol. The van der Waals surface area contributed by atoms with E-state index in [0.717, 1.165) is 42.6 Å². The highest BCUT2D eigenvalue weighted by molar-refractivity contribution is 7.78. The molecule has 0 spiro atoms. The molecule has 32 heavy (non-hydrogen) atoms. The molecule has 1 aliphatic heterocycles. The number of anilines is 1. The Kier molecular flexibility index (Phi) is 6.48. The lowest BCUT2D eigenvalue weighted by atomic mass is 9.92. The highest BCUT2D eigenvalue weighted by Gasteiger charge is 2.27. The lowest BCUT2D eigenvalue weighted by Crippen LogP contribution is -2.28. The van der Waals surface area contributed by atoms with Gasteiger partial charge in [0.05, 0.1) is 5.57 Å². The first kappa shape index (κ1) is 22.3. The van der Waals surface area contributed by atoms with E-state index in [4.69, 9.17) is 4.18 Å². The molecule has 2 heterocycles. The summed E-state index contributed by atoms with van der Waals surface area (Å²) < 4.78 is 20.3. The molecule has 0 bridgehead atoms. The van der Waals surface area contributed by atoms with Gasteiger partial charge in [0.1, 0.15) is 5.75 Å². The first-order valence-electron chi connectivity index (χ1n) is 10.8. The third-order valence-electron chi connectivity index (χ3n) is 5.60. The number of benzene rings is 1. The van der Waals surface area contributed by atoms with E-state index in [1.807, 2.05) is 13.8 Å². The molecule has 4 rings (SSSR count). The fraction of sp³-hybridized carbons (Fsp3) is 0.391. The third-order valence-corrected chi connectivity index (χ3v) is 6.61. The number of nitrogens with one attached hydrogen (secondary N) is 3. The molecule has 0 saturated carbocycles. The van der Waals surface area contributed by atoms with E-state index in [2.05, 4.69) is 15.0 Å². The fourth-order valence-electron chi connectivity index (χ4n) is 4.23. The quantitative estimate of drug-likeness (QED) is 0.453. The van der Waals surface area contributed by atoms with Crippen LogP contribution in [0.4, 0.5) is 5.69 Å². The van der Waals surface area contributed by atoms with Crippen molar-refractivity contribution in [2.75, 3.05) is 5.32 Å². The molecule has 1 atom stereocenters. The molecular formula is C23H27N3O5S. The van der Waals surface area contributed by atoms with Gasteiger partial charge in [-0.25, -0.2) is 4.72 Å². The first-order chi connectivity index (χ1) is 15.3. The van der Waals surface area contributed by atoms with Crippen molar-refractivity contribution in [2.24, 2.45) is 0 Å². The van der Waals surface area contributed by atoms with Gasteiger partial charge in [-0.2, -0.15) is 4.21 Å². The second-order valence-corrected chi connectivity index (χ2v) is 9.26. The zero-order chi connectivity index (χ0) is 22.8. The van der Waals surface area contributed by atoms with E-state index in [9.17, 15) is 18.9 Å². The number of carbonyl (C=O) groups excluding carboxylic acids is 1. The molecule has 2 aliphatic rings. The zero-order valence-corrected chi connectivity index (χ0v) is 18.9. The van der Waals surface area contributed by atoms with Crippen LogP contribution in [0.25, 0.3) is 11.6 Å². The molecule has 170 valence electrons. The molecule has 4 N–H and O–H groups in total. The van der Waals surface area contributed by atoms with Crippen LogP contribution < -0.4 is 14.2 Å². The van der Waals surface area contributed by atoms with Crippen LogP contribution in [0.2, 0.25) is 0 Å². The number of carboxylic acid groups (broad SMARTS) is 1. The summed E-state index contributed by atoms with van der Waals surface area (Å²) in [6.07, 6.45) is 6.25. The molecule has 1 aliphatic carbocycles. The van der Waals surface area contributed by atoms with Gasteiger partial charge in [0.2, 0.25) is 0 Å². The number of carbonyl (C=O) groups is 2. The van der Waals surface area contributed by atoms with E-state index in [1.165, 1.54) is 5.56 Å². The smallest absolute Gasteiger partial charge is 0.303 e. The number of aryl methyl sites for hydroxylation is 1. The number of fused-ring (bicyclic) bond motifs is 2. The number of amides is 1. The van der Waals surface area contributed by atoms with Gasteiger partial charge in [0, 0.05) is 35.1 Å². The average Bonchev–Trinajstić information content (AvgIpc) is 3.23. The van der Waals surface area contributed by atoms with E-state index >= 15 is 0 Å². The molecule has 8 nitrogen and oxygen atoms in total. The summed E-state index contributed by atoms with van der Waals surface area (Å²) in [4.78, 5) is 27.4. The van der Waals surface area contributed by atoms with Crippen molar-refractivity contribution >= 4 is 40.5 Å². The average molecular weight is 458 g/mol. The van der Waals surface area contributed by atoms with Crippen molar-refractivity contribution < 1.29 is 23.1 Å². The monoisotopic (exact) mass is 457 g/mol. The topological polar surface area (TPSA) is 121 Å². The Morgan fingerprint density at radius 1 is 1.31 bits per heavy atom. The number of aliphatic carboxylic acids is 1. The van der Waals surface area contributed by atoms with Crippen LogP contribution in [-0.2, 0) is 40.1 Å². The minimum Gasteiger partial charge on any atom is -0.481 e. The van der Waals surface area contributed by atoms with E-state index in [1.54, 1.807) is 24.3 Å². The summed E-state index contributed by atoms with van der Waals surface area (Å²) in [5.41, 5.74) is 5.86. The Morgan fingerprint density at radius 2 is 2.09 bits per heavy atom. The normalized spacial score (nSPS) is 17.2. The van der Waals surface area contributed by atoms with Gasteiger partial charge < -0.3 is 19.6 Å². The highest BCUT2D eigenvalue weighted by atomic mass is 32.2. The Bertz CT molecular complexity index is 1120. The largest absolute Gasteiger partial charge is 0.481 e. The molecular weight excluding hydrogens is 430 g/mol. The summed E-state index contributed by atoms with van der Waals surface area (Å²) in [7, 11) is 0. The molecule has 1 unspecified atom stereocenters. The third kappa shape index (κ3) is 4.78. The maximum Gasteiger partial charge on any atom is 0.303 e. The summed E-state index contributed by atoms with van der Waals surface area (Å²) in [6.45, 7) is 3.73. The summed E-state index contributed by atoms with van der Waals surface area (Å²) >= 11 is -1.70. The van der Waals surface area contributed by atoms with Gasteiger partial charge in [0.25, 0.3) is 17.2 Å². The number of carboxylic acids is 1. The molecule has 0 radical (unpaired) electrons. The fourth-order valence-corrected chi connectivity index (χ4v) is 4.94. The Balaban J connectivity index is 1.69. The number of hydrogen-bond acceptors (Lipinski definition) is 4. The second kappa shape index (κ2) is 9.30. The van der Waals surface area contributed by atoms with E-state index in [-0.39, 0.29) is 18.4 Å². The minimum absolute atomic E-state index is 0.00732. The second-order valence-electron chi connectivity index (χ2n) is 8.39. The van der Waals surface area contributed by atoms with Gasteiger partial charge in [-0.05, 0) is 81.4 Å². The van der Waals surface area contributed by atoms with Crippen LogP contribution in [0.15, 0.2) is 18.2 Å². The van der Waals surface area contributed by atoms with Crippen molar-refractivity contribution in [3.63, 3.8) is 0 Å². The molecule has 1 amide bonds. The van der Waals surface area contributed by atoms with Crippen molar-refractivity contribution in [2.45, 2.75) is 58.4 Å². The summed E-state index contributed by atoms with van der Waals surface area (Å²) in [5, 5.41) is 12.0. The van der Waals surface area contributed by atoms with Gasteiger partial charge in [-0.1, -0.05) is 0 Å². The maximum absolute atomic E-state index is 12.7. The minimum atomic E-state index is -1.70. The molecule has 0 fully saturated rings. The lowest BCUT2D eigenvalue weighted by Gasteiger charge is -2.12. The zero-order valence-electron chi connectivity index (χ0n) is 18.1. The summed E-state index contributed by atoms with van der Waals surface area (Å²) in [5.74, 6) is -0.701. The highest BCUT2D eigenvalue weighted by Crippen LogP contribution is 2.37. The van der Waals surface area contributed by atoms with Gasteiger partial charge in [-0.3, -0.25) is 9.59 Å². The van der Waals surface area contributed by atoms with Crippen molar-refractivity contribution in [3.05, 3.63) is 46.3 Å². The van der Waals surface area contributed by atoms with E-state index in [0.29, 0.717) is 29.0 Å². The van der Waals surface area contributed by atoms with Crippen LogP contribution in [0.1, 0.15) is 61.2 Å². The van der Waals surface area contributed by atoms with Gasteiger partial charge >= 0.3 is 5.97 Å². The number of aromatic nitrogens is 1. The molecule has 1 aromatic carbocycles. The number of hydrogen-bond donors (Lipinski definition) is 4.